The van der Waals surface area contributed by atoms with Crippen LogP contribution in [-0.2, 0) is 10.0 Å². The van der Waals surface area contributed by atoms with Crippen molar-refractivity contribution in [3.8, 4) is 0 Å². The van der Waals surface area contributed by atoms with Crippen LogP contribution in [0.1, 0.15) is 13.8 Å². The maximum atomic E-state index is 12.4. The number of hydrogen-bond acceptors (Lipinski definition) is 2. The average molecular weight is 312 g/mol. The first kappa shape index (κ1) is 16.5. The maximum Gasteiger partial charge on any atom is 0.263 e. The van der Waals surface area contributed by atoms with E-state index >= 15 is 0 Å². The van der Waals surface area contributed by atoms with Gasteiger partial charge in [-0.25, -0.2) is 8.42 Å². The Kier molecular flexibility index (Phi) is 5.60. The van der Waals surface area contributed by atoms with Crippen LogP contribution < -0.4 is 0 Å². The first-order valence-corrected chi connectivity index (χ1v) is 7.83. The van der Waals surface area contributed by atoms with Gasteiger partial charge in [-0.3, -0.25) is 4.31 Å². The molecule has 0 spiro atoms. The van der Waals surface area contributed by atoms with E-state index in [2.05, 4.69) is 6.58 Å². The topological polar surface area (TPSA) is 37.4 Å². The molecular formula is C15H18ClNO2S. The van der Waals surface area contributed by atoms with E-state index in [-0.39, 0.29) is 4.90 Å². The molecule has 0 saturated carbocycles. The van der Waals surface area contributed by atoms with E-state index < -0.39 is 10.0 Å². The molecule has 1 rings (SSSR count). The fraction of sp³-hybridized carbons (Fsp3) is 0.200. The molecule has 0 aliphatic rings. The Bertz CT molecular complexity index is 643. The van der Waals surface area contributed by atoms with Crippen molar-refractivity contribution in [3.63, 3.8) is 0 Å². The van der Waals surface area contributed by atoms with Gasteiger partial charge >= 0.3 is 0 Å². The summed E-state index contributed by atoms with van der Waals surface area (Å²) in [5, 5.41) is 0.503. The first-order valence-electron chi connectivity index (χ1n) is 6.01. The lowest BCUT2D eigenvalue weighted by atomic mass is 10.2. The zero-order chi connectivity index (χ0) is 15.3. The van der Waals surface area contributed by atoms with Crippen LogP contribution in [0.3, 0.4) is 0 Å². The first-order chi connectivity index (χ1) is 9.28. The normalized spacial score (nSPS) is 13.2. The highest BCUT2D eigenvalue weighted by Gasteiger charge is 2.20. The van der Waals surface area contributed by atoms with E-state index in [0.717, 1.165) is 5.57 Å². The lowest BCUT2D eigenvalue weighted by Crippen LogP contribution is -2.25. The minimum atomic E-state index is -3.56. The van der Waals surface area contributed by atoms with E-state index in [1.165, 1.54) is 23.5 Å². The molecule has 0 aromatic heterocycles. The summed E-state index contributed by atoms with van der Waals surface area (Å²) in [6, 6.07) is 6.10. The number of nitrogens with zero attached hydrogens (tertiary/aromatic N) is 1. The molecule has 0 amide bonds. The highest BCUT2D eigenvalue weighted by molar-refractivity contribution is 7.89. The molecule has 5 heteroatoms. The van der Waals surface area contributed by atoms with Crippen molar-refractivity contribution >= 4 is 21.6 Å². The Balaban J connectivity index is 3.09. The molecule has 3 nitrogen and oxygen atoms in total. The van der Waals surface area contributed by atoms with Crippen molar-refractivity contribution in [3.05, 3.63) is 65.4 Å². The molecule has 0 fully saturated rings. The van der Waals surface area contributed by atoms with Crippen molar-refractivity contribution in [1.82, 2.24) is 4.31 Å². The van der Waals surface area contributed by atoms with Gasteiger partial charge in [0, 0.05) is 17.8 Å². The fourth-order valence-corrected chi connectivity index (χ4v) is 2.74. The summed E-state index contributed by atoms with van der Waals surface area (Å²) in [5.74, 6) is 0. The molecule has 1 aromatic rings. The summed E-state index contributed by atoms with van der Waals surface area (Å²) in [6.45, 7) is 7.28. The second kappa shape index (κ2) is 6.77. The molecule has 0 heterocycles. The summed E-state index contributed by atoms with van der Waals surface area (Å²) in [7, 11) is -2.04. The largest absolute Gasteiger partial charge is 0.274 e. The van der Waals surface area contributed by atoms with Gasteiger partial charge in [-0.2, -0.15) is 0 Å². The van der Waals surface area contributed by atoms with Gasteiger partial charge in [-0.1, -0.05) is 35.9 Å². The van der Waals surface area contributed by atoms with Crippen LogP contribution in [0.2, 0.25) is 5.02 Å². The average Bonchev–Trinajstić information content (AvgIpc) is 2.43. The summed E-state index contributed by atoms with van der Waals surface area (Å²) in [5.41, 5.74) is 1.57. The predicted octanol–water partition coefficient (Wildman–Crippen LogP) is 4.00. The second-order valence-corrected chi connectivity index (χ2v) is 6.76. The number of halogens is 1. The van der Waals surface area contributed by atoms with Crippen molar-refractivity contribution in [2.45, 2.75) is 18.7 Å². The van der Waals surface area contributed by atoms with Crippen LogP contribution in [0.4, 0.5) is 0 Å². The van der Waals surface area contributed by atoms with Crippen molar-refractivity contribution in [2.24, 2.45) is 0 Å². The smallest absolute Gasteiger partial charge is 0.263 e. The maximum absolute atomic E-state index is 12.4. The highest BCUT2D eigenvalue weighted by atomic mass is 35.5. The molecule has 0 N–H and O–H groups in total. The predicted molar refractivity (Wildman–Crippen MR) is 84.1 cm³/mol. The van der Waals surface area contributed by atoms with Crippen LogP contribution in [0, 0.1) is 0 Å². The van der Waals surface area contributed by atoms with Gasteiger partial charge in [0.15, 0.2) is 0 Å². The van der Waals surface area contributed by atoms with E-state index in [1.54, 1.807) is 31.2 Å². The molecule has 0 atom stereocenters. The third-order valence-electron chi connectivity index (χ3n) is 2.88. The number of allylic oxidation sites excluding steroid dienone is 5. The molecule has 20 heavy (non-hydrogen) atoms. The monoisotopic (exact) mass is 311 g/mol. The Morgan fingerprint density at radius 3 is 2.25 bits per heavy atom. The van der Waals surface area contributed by atoms with Gasteiger partial charge in [0.25, 0.3) is 10.0 Å². The molecule has 1 aromatic carbocycles. The van der Waals surface area contributed by atoms with E-state index in [9.17, 15) is 8.42 Å². The van der Waals surface area contributed by atoms with Gasteiger partial charge in [0.1, 0.15) is 0 Å². The summed E-state index contributed by atoms with van der Waals surface area (Å²) in [6.07, 6.45) is 5.26. The van der Waals surface area contributed by atoms with Crippen LogP contribution in [0.25, 0.3) is 0 Å². The summed E-state index contributed by atoms with van der Waals surface area (Å²) in [4.78, 5) is 0.210. The third kappa shape index (κ3) is 3.99. The Morgan fingerprint density at radius 1 is 1.20 bits per heavy atom. The number of benzene rings is 1. The number of hydrogen-bond donors (Lipinski definition) is 0. The van der Waals surface area contributed by atoms with Crippen molar-refractivity contribution in [1.29, 1.82) is 0 Å². The summed E-state index contributed by atoms with van der Waals surface area (Å²) < 4.78 is 26.0. The zero-order valence-electron chi connectivity index (χ0n) is 11.8. The molecule has 0 aliphatic carbocycles. The lowest BCUT2D eigenvalue weighted by molar-refractivity contribution is 0.524. The third-order valence-corrected chi connectivity index (χ3v) is 5.01. The van der Waals surface area contributed by atoms with E-state index in [4.69, 9.17) is 11.6 Å². The SMILES string of the molecule is C=C/C(C)=C\C=C(/C)N(C)S(=O)(=O)c1ccc(Cl)cc1. The zero-order valence-corrected chi connectivity index (χ0v) is 13.4. The fourth-order valence-electron chi connectivity index (χ4n) is 1.38. The Hall–Kier alpha value is -1.52. The molecule has 0 bridgehead atoms. The number of rotatable bonds is 5. The number of sulfonamides is 1. The standard InChI is InChI=1S/C15H18ClNO2S/c1-5-12(2)6-7-13(3)17(4)20(18,19)15-10-8-14(16)9-11-15/h5-11H,1H2,2-4H3/b12-6-,13-7+. The quantitative estimate of drug-likeness (QED) is 0.771. The molecule has 0 aliphatic heterocycles. The Morgan fingerprint density at radius 2 is 1.75 bits per heavy atom. The van der Waals surface area contributed by atoms with Gasteiger partial charge in [-0.15, -0.1) is 0 Å². The Labute approximate surface area is 125 Å². The molecule has 0 unspecified atom stereocenters. The van der Waals surface area contributed by atoms with Crippen LogP contribution in [-0.4, -0.2) is 19.8 Å². The van der Waals surface area contributed by atoms with Crippen LogP contribution >= 0.6 is 11.6 Å². The van der Waals surface area contributed by atoms with Crippen molar-refractivity contribution < 1.29 is 8.42 Å². The molecule has 0 radical (unpaired) electrons. The minimum Gasteiger partial charge on any atom is -0.274 e. The van der Waals surface area contributed by atoms with E-state index in [0.29, 0.717) is 10.7 Å². The summed E-state index contributed by atoms with van der Waals surface area (Å²) >= 11 is 5.77. The van der Waals surface area contributed by atoms with Gasteiger partial charge < -0.3 is 0 Å². The van der Waals surface area contributed by atoms with Gasteiger partial charge in [0.05, 0.1) is 4.90 Å². The van der Waals surface area contributed by atoms with Gasteiger partial charge in [0.2, 0.25) is 0 Å². The minimum absolute atomic E-state index is 0.210. The van der Waals surface area contributed by atoms with Crippen LogP contribution in [0.5, 0.6) is 0 Å². The van der Waals surface area contributed by atoms with E-state index in [1.807, 2.05) is 13.0 Å². The lowest BCUT2D eigenvalue weighted by Gasteiger charge is -2.19. The van der Waals surface area contributed by atoms with Crippen LogP contribution in [0.15, 0.2) is 65.2 Å². The van der Waals surface area contributed by atoms with Crippen molar-refractivity contribution in [2.75, 3.05) is 7.05 Å². The molecule has 108 valence electrons. The molecular weight excluding hydrogens is 294 g/mol. The molecule has 0 saturated heterocycles. The highest BCUT2D eigenvalue weighted by Crippen LogP contribution is 2.20. The second-order valence-electron chi connectivity index (χ2n) is 4.35. The van der Waals surface area contributed by atoms with Gasteiger partial charge in [-0.05, 0) is 44.2 Å².